The first-order valence-electron chi connectivity index (χ1n) is 10.2. The Morgan fingerprint density at radius 3 is 2.70 bits per heavy atom. The average molecular weight is 482 g/mol. The molecule has 0 fully saturated rings. The minimum absolute atomic E-state index is 0.0675. The molecule has 1 aromatic carbocycles. The summed E-state index contributed by atoms with van der Waals surface area (Å²) in [6.45, 7) is 3.44. The number of anilines is 1. The highest BCUT2D eigenvalue weighted by Crippen LogP contribution is 2.27. The van der Waals surface area contributed by atoms with Crippen LogP contribution in [0.5, 0.6) is 0 Å². The van der Waals surface area contributed by atoms with E-state index >= 15 is 0 Å². The van der Waals surface area contributed by atoms with Crippen LogP contribution in [0.3, 0.4) is 0 Å². The highest BCUT2D eigenvalue weighted by Gasteiger charge is 2.15. The number of hydrogen-bond acceptors (Lipinski definition) is 7. The fraction of sp³-hybridized carbons (Fsp3) is 0.217. The zero-order valence-corrected chi connectivity index (χ0v) is 20.0. The molecular weight excluding hydrogens is 458 g/mol. The number of aryl methyl sites for hydroxylation is 1. The van der Waals surface area contributed by atoms with Gasteiger partial charge in [-0.25, -0.2) is 9.97 Å². The quantitative estimate of drug-likeness (QED) is 0.348. The molecule has 0 aliphatic carbocycles. The van der Waals surface area contributed by atoms with Crippen LogP contribution < -0.4 is 10.6 Å². The van der Waals surface area contributed by atoms with E-state index in [9.17, 15) is 9.59 Å². The number of thiazole rings is 1. The lowest BCUT2D eigenvalue weighted by Crippen LogP contribution is -2.23. The minimum Gasteiger partial charge on any atom is -0.455 e. The van der Waals surface area contributed by atoms with Gasteiger partial charge < -0.3 is 14.3 Å². The molecule has 33 heavy (non-hydrogen) atoms. The molecule has 4 rings (SSSR count). The van der Waals surface area contributed by atoms with Crippen LogP contribution in [-0.2, 0) is 17.6 Å². The van der Waals surface area contributed by atoms with Crippen LogP contribution >= 0.6 is 23.1 Å². The van der Waals surface area contributed by atoms with E-state index in [-0.39, 0.29) is 23.6 Å². The van der Waals surface area contributed by atoms with Gasteiger partial charge in [0.1, 0.15) is 5.76 Å². The SMILES string of the molecule is CC(=O)NC(C)c1ccc(-c2csc(NC(=O)c3ccc(CSc4nccn4C)o3)n2)cc1. The van der Waals surface area contributed by atoms with E-state index in [1.807, 2.05) is 54.4 Å². The number of hydrogen-bond donors (Lipinski definition) is 2. The first-order valence-corrected chi connectivity index (χ1v) is 12.1. The summed E-state index contributed by atoms with van der Waals surface area (Å²) in [5.41, 5.74) is 2.70. The number of amides is 2. The lowest BCUT2D eigenvalue weighted by atomic mass is 10.1. The third-order valence-corrected chi connectivity index (χ3v) is 6.69. The molecule has 1 unspecified atom stereocenters. The van der Waals surface area contributed by atoms with Crippen LogP contribution in [0.1, 0.15) is 41.8 Å². The molecule has 3 heterocycles. The van der Waals surface area contributed by atoms with Crippen LogP contribution in [0.4, 0.5) is 5.13 Å². The number of thioether (sulfide) groups is 1. The Hall–Kier alpha value is -3.37. The number of nitrogens with zero attached hydrogens (tertiary/aromatic N) is 3. The number of imidazole rings is 1. The molecule has 4 aromatic rings. The number of benzene rings is 1. The van der Waals surface area contributed by atoms with E-state index in [4.69, 9.17) is 4.42 Å². The largest absolute Gasteiger partial charge is 0.455 e. The minimum atomic E-state index is -0.344. The number of furan rings is 1. The fourth-order valence-electron chi connectivity index (χ4n) is 3.16. The van der Waals surface area contributed by atoms with Crippen molar-refractivity contribution in [2.75, 3.05) is 5.32 Å². The Labute approximate surface area is 199 Å². The van der Waals surface area contributed by atoms with Gasteiger partial charge in [0.25, 0.3) is 5.91 Å². The molecule has 0 saturated carbocycles. The summed E-state index contributed by atoms with van der Waals surface area (Å²) >= 11 is 2.88. The first kappa shape index (κ1) is 22.8. The van der Waals surface area contributed by atoms with E-state index in [0.717, 1.165) is 22.0 Å². The lowest BCUT2D eigenvalue weighted by molar-refractivity contribution is -0.119. The van der Waals surface area contributed by atoms with E-state index in [1.165, 1.54) is 30.0 Å². The van der Waals surface area contributed by atoms with Crippen LogP contribution in [0, 0.1) is 0 Å². The molecule has 170 valence electrons. The molecule has 2 N–H and O–H groups in total. The molecule has 2 amide bonds. The maximum Gasteiger partial charge on any atom is 0.293 e. The average Bonchev–Trinajstić information content (AvgIpc) is 3.53. The van der Waals surface area contributed by atoms with Crippen molar-refractivity contribution < 1.29 is 14.0 Å². The Bertz CT molecular complexity index is 1260. The van der Waals surface area contributed by atoms with E-state index in [1.54, 1.807) is 18.3 Å². The molecule has 10 heteroatoms. The number of carbonyl (C=O) groups excluding carboxylic acids is 2. The van der Waals surface area contributed by atoms with Crippen LogP contribution in [0.25, 0.3) is 11.3 Å². The molecule has 0 radical (unpaired) electrons. The summed E-state index contributed by atoms with van der Waals surface area (Å²) in [6, 6.07) is 11.2. The fourth-order valence-corrected chi connectivity index (χ4v) is 4.70. The topological polar surface area (TPSA) is 102 Å². The first-order chi connectivity index (χ1) is 15.9. The molecule has 0 aliphatic rings. The molecule has 1 atom stereocenters. The van der Waals surface area contributed by atoms with Crippen molar-refractivity contribution in [1.82, 2.24) is 19.9 Å². The van der Waals surface area contributed by atoms with E-state index in [0.29, 0.717) is 16.6 Å². The van der Waals surface area contributed by atoms with Gasteiger partial charge in [-0.3, -0.25) is 14.9 Å². The number of nitrogens with one attached hydrogen (secondary N) is 2. The summed E-state index contributed by atoms with van der Waals surface area (Å²) in [4.78, 5) is 32.6. The van der Waals surface area contributed by atoms with E-state index in [2.05, 4.69) is 20.6 Å². The smallest absolute Gasteiger partial charge is 0.293 e. The Morgan fingerprint density at radius 1 is 1.21 bits per heavy atom. The predicted octanol–water partition coefficient (Wildman–Crippen LogP) is 4.88. The zero-order valence-electron chi connectivity index (χ0n) is 18.4. The van der Waals surface area contributed by atoms with Gasteiger partial charge in [-0.05, 0) is 24.6 Å². The van der Waals surface area contributed by atoms with Gasteiger partial charge in [0, 0.05) is 37.3 Å². The van der Waals surface area contributed by atoms with Gasteiger partial charge in [-0.2, -0.15) is 0 Å². The van der Waals surface area contributed by atoms with Gasteiger partial charge in [0.2, 0.25) is 5.91 Å². The highest BCUT2D eigenvalue weighted by atomic mass is 32.2. The standard InChI is InChI=1S/C23H23N5O3S2/c1-14(25-15(2)29)16-4-6-17(7-5-16)19-13-32-22(26-19)27-21(30)20-9-8-18(31-20)12-33-23-24-10-11-28(23)3/h4-11,13-14H,12H2,1-3H3,(H,25,29)(H,26,27,30). The maximum absolute atomic E-state index is 12.6. The van der Waals surface area contributed by atoms with Crippen LogP contribution in [-0.4, -0.2) is 26.3 Å². The summed E-state index contributed by atoms with van der Waals surface area (Å²) in [7, 11) is 1.93. The molecular formula is C23H23N5O3S2. The van der Waals surface area contributed by atoms with Crippen molar-refractivity contribution in [2.24, 2.45) is 7.05 Å². The monoisotopic (exact) mass is 481 g/mol. The normalized spacial score (nSPS) is 11.8. The molecule has 8 nitrogen and oxygen atoms in total. The van der Waals surface area contributed by atoms with Crippen LogP contribution in [0.2, 0.25) is 0 Å². The predicted molar refractivity (Wildman–Crippen MR) is 129 cm³/mol. The third-order valence-electron chi connectivity index (χ3n) is 4.86. The summed E-state index contributed by atoms with van der Waals surface area (Å²) in [5, 5.41) is 8.92. The van der Waals surface area contributed by atoms with Crippen molar-refractivity contribution in [1.29, 1.82) is 0 Å². The summed E-state index contributed by atoms with van der Waals surface area (Å²) in [5.74, 6) is 1.10. The molecule has 3 aromatic heterocycles. The van der Waals surface area contributed by atoms with Gasteiger partial charge >= 0.3 is 0 Å². The summed E-state index contributed by atoms with van der Waals surface area (Å²) < 4.78 is 7.62. The Morgan fingerprint density at radius 2 is 2.00 bits per heavy atom. The zero-order chi connectivity index (χ0) is 23.4. The Balaban J connectivity index is 1.35. The van der Waals surface area contributed by atoms with Crippen molar-refractivity contribution in [3.05, 3.63) is 71.3 Å². The maximum atomic E-state index is 12.6. The molecule has 0 bridgehead atoms. The van der Waals surface area contributed by atoms with Gasteiger partial charge in [-0.15, -0.1) is 11.3 Å². The second-order valence-corrected chi connectivity index (χ2v) is 9.21. The lowest BCUT2D eigenvalue weighted by Gasteiger charge is -2.12. The Kier molecular flexibility index (Phi) is 6.95. The van der Waals surface area contributed by atoms with Crippen molar-refractivity contribution >= 4 is 40.0 Å². The second-order valence-electron chi connectivity index (χ2n) is 7.41. The molecule has 0 saturated heterocycles. The third kappa shape index (κ3) is 5.71. The summed E-state index contributed by atoms with van der Waals surface area (Å²) in [6.07, 6.45) is 3.62. The number of carbonyl (C=O) groups is 2. The van der Waals surface area contributed by atoms with Gasteiger partial charge in [-0.1, -0.05) is 36.0 Å². The highest BCUT2D eigenvalue weighted by molar-refractivity contribution is 7.98. The van der Waals surface area contributed by atoms with Gasteiger partial charge in [0.05, 0.1) is 17.5 Å². The van der Waals surface area contributed by atoms with Crippen molar-refractivity contribution in [2.45, 2.75) is 30.8 Å². The number of aromatic nitrogens is 3. The van der Waals surface area contributed by atoms with Crippen molar-refractivity contribution in [3.8, 4) is 11.3 Å². The van der Waals surface area contributed by atoms with Gasteiger partial charge in [0.15, 0.2) is 16.0 Å². The van der Waals surface area contributed by atoms with E-state index < -0.39 is 0 Å². The second kappa shape index (κ2) is 10.1. The van der Waals surface area contributed by atoms with Crippen LogP contribution in [0.15, 0.2) is 63.7 Å². The van der Waals surface area contributed by atoms with Crippen molar-refractivity contribution in [3.63, 3.8) is 0 Å². The number of rotatable bonds is 8. The molecule has 0 aliphatic heterocycles. The molecule has 0 spiro atoms.